The fourth-order valence-electron chi connectivity index (χ4n) is 2.31. The van der Waals surface area contributed by atoms with E-state index in [-0.39, 0.29) is 17.4 Å². The highest BCUT2D eigenvalue weighted by atomic mass is 16.1. The predicted octanol–water partition coefficient (Wildman–Crippen LogP) is 2.67. The van der Waals surface area contributed by atoms with Crippen molar-refractivity contribution in [2.24, 2.45) is 0 Å². The van der Waals surface area contributed by atoms with Crippen molar-refractivity contribution >= 4 is 17.2 Å². The average Bonchev–Trinajstić information content (AvgIpc) is 2.25. The van der Waals surface area contributed by atoms with Crippen LogP contribution in [0.4, 0.5) is 11.4 Å². The third-order valence-corrected chi connectivity index (χ3v) is 3.31. The Kier molecular flexibility index (Phi) is 2.86. The number of nitrogens with one attached hydrogen (secondary N) is 1. The van der Waals surface area contributed by atoms with E-state index in [9.17, 15) is 4.79 Å². The number of carbonyl (C=O) groups excluding carboxylic acids is 1. The van der Waals surface area contributed by atoms with Crippen LogP contribution in [0.1, 0.15) is 27.7 Å². The number of Topliss-reactive ketones (excluding diaryl/α,β-unsaturated/α-hetero) is 1. The Hall–Kier alpha value is -1.51. The lowest BCUT2D eigenvalue weighted by atomic mass is 9.97. The third kappa shape index (κ3) is 2.28. The van der Waals surface area contributed by atoms with Crippen LogP contribution in [0.15, 0.2) is 24.3 Å². The van der Waals surface area contributed by atoms with E-state index in [1.54, 1.807) is 6.92 Å². The van der Waals surface area contributed by atoms with Gasteiger partial charge in [0.15, 0.2) is 5.78 Å². The first kappa shape index (κ1) is 12.0. The molecule has 0 fully saturated rings. The Morgan fingerprint density at radius 3 is 2.71 bits per heavy atom. The van der Waals surface area contributed by atoms with E-state index in [1.165, 1.54) is 0 Å². The van der Waals surface area contributed by atoms with E-state index in [0.717, 1.165) is 17.9 Å². The Morgan fingerprint density at radius 2 is 2.06 bits per heavy atom. The summed E-state index contributed by atoms with van der Waals surface area (Å²) in [7, 11) is 0. The molecule has 0 spiro atoms. The maximum Gasteiger partial charge on any atom is 0.151 e. The van der Waals surface area contributed by atoms with Crippen molar-refractivity contribution in [2.75, 3.05) is 16.8 Å². The van der Waals surface area contributed by atoms with Crippen molar-refractivity contribution in [1.82, 2.24) is 0 Å². The Bertz CT molecular complexity index is 440. The summed E-state index contributed by atoms with van der Waals surface area (Å²) in [6, 6.07) is 8.09. The smallest absolute Gasteiger partial charge is 0.151 e. The molecule has 1 N–H and O–H groups in total. The van der Waals surface area contributed by atoms with Gasteiger partial charge >= 0.3 is 0 Å². The molecule has 0 amide bonds. The van der Waals surface area contributed by atoms with E-state index < -0.39 is 0 Å². The normalized spacial score (nSPS) is 19.2. The minimum atomic E-state index is -0.0717. The van der Waals surface area contributed by atoms with Crippen LogP contribution in [-0.2, 0) is 4.79 Å². The van der Waals surface area contributed by atoms with E-state index in [0.29, 0.717) is 0 Å². The molecule has 0 aromatic heterocycles. The van der Waals surface area contributed by atoms with Crippen molar-refractivity contribution in [3.8, 4) is 0 Å². The number of benzene rings is 1. The summed E-state index contributed by atoms with van der Waals surface area (Å²) in [6.45, 7) is 8.78. The molecule has 0 aliphatic carbocycles. The lowest BCUT2D eigenvalue weighted by Crippen LogP contribution is -2.53. The number of rotatable bonds is 2. The van der Waals surface area contributed by atoms with Gasteiger partial charge in [0.05, 0.1) is 17.4 Å². The summed E-state index contributed by atoms with van der Waals surface area (Å²) in [5, 5.41) is 3.51. The number of ketones is 1. The van der Waals surface area contributed by atoms with E-state index in [2.05, 4.69) is 36.2 Å². The first-order valence-electron chi connectivity index (χ1n) is 6.05. The molecule has 2 rings (SSSR count). The molecule has 1 aromatic rings. The standard InChI is InChI=1S/C14H20N2O/c1-10(11(2)17)16-9-14(3,4)15-12-7-5-6-8-13(12)16/h5-8,10,15H,9H2,1-4H3. The Morgan fingerprint density at radius 1 is 1.41 bits per heavy atom. The summed E-state index contributed by atoms with van der Waals surface area (Å²) in [5.74, 6) is 0.206. The molecular weight excluding hydrogens is 212 g/mol. The van der Waals surface area contributed by atoms with Crippen LogP contribution in [0, 0.1) is 0 Å². The molecule has 0 saturated heterocycles. The molecule has 1 aliphatic rings. The van der Waals surface area contributed by atoms with Gasteiger partial charge in [0.2, 0.25) is 0 Å². The quantitative estimate of drug-likeness (QED) is 0.851. The van der Waals surface area contributed by atoms with Crippen LogP contribution >= 0.6 is 0 Å². The molecular formula is C14H20N2O. The molecule has 17 heavy (non-hydrogen) atoms. The Balaban J connectivity index is 2.43. The molecule has 3 nitrogen and oxygen atoms in total. The summed E-state index contributed by atoms with van der Waals surface area (Å²) in [6.07, 6.45) is 0. The van der Waals surface area contributed by atoms with E-state index in [4.69, 9.17) is 0 Å². The maximum atomic E-state index is 11.6. The van der Waals surface area contributed by atoms with Crippen LogP contribution in [0.3, 0.4) is 0 Å². The minimum absolute atomic E-state index is 0.0158. The van der Waals surface area contributed by atoms with Gasteiger partial charge in [-0.25, -0.2) is 0 Å². The lowest BCUT2D eigenvalue weighted by Gasteiger charge is -2.44. The number of anilines is 2. The second-order valence-corrected chi connectivity index (χ2v) is 5.44. The maximum absolute atomic E-state index is 11.6. The van der Waals surface area contributed by atoms with Crippen molar-refractivity contribution in [3.63, 3.8) is 0 Å². The number of hydrogen-bond acceptors (Lipinski definition) is 3. The van der Waals surface area contributed by atoms with Crippen molar-refractivity contribution in [1.29, 1.82) is 0 Å². The van der Waals surface area contributed by atoms with E-state index >= 15 is 0 Å². The number of para-hydroxylation sites is 2. The van der Waals surface area contributed by atoms with Gasteiger partial charge < -0.3 is 10.2 Å². The predicted molar refractivity (Wildman–Crippen MR) is 71.6 cm³/mol. The highest BCUT2D eigenvalue weighted by Crippen LogP contribution is 2.35. The molecule has 3 heteroatoms. The van der Waals surface area contributed by atoms with Gasteiger partial charge in [-0.15, -0.1) is 0 Å². The average molecular weight is 232 g/mol. The summed E-state index contributed by atoms with van der Waals surface area (Å²) in [5.41, 5.74) is 2.21. The SMILES string of the molecule is CC(=O)C(C)N1CC(C)(C)Nc2ccccc21. The topological polar surface area (TPSA) is 32.3 Å². The minimum Gasteiger partial charge on any atom is -0.377 e. The number of carbonyl (C=O) groups is 1. The second kappa shape index (κ2) is 4.06. The molecule has 0 radical (unpaired) electrons. The van der Waals surface area contributed by atoms with Crippen molar-refractivity contribution in [3.05, 3.63) is 24.3 Å². The van der Waals surface area contributed by atoms with Gasteiger partial charge in [0.25, 0.3) is 0 Å². The highest BCUT2D eigenvalue weighted by molar-refractivity contribution is 5.87. The highest BCUT2D eigenvalue weighted by Gasteiger charge is 2.32. The monoisotopic (exact) mass is 232 g/mol. The zero-order chi connectivity index (χ0) is 12.6. The van der Waals surface area contributed by atoms with Gasteiger partial charge in [-0.2, -0.15) is 0 Å². The van der Waals surface area contributed by atoms with Crippen LogP contribution in [0.2, 0.25) is 0 Å². The zero-order valence-electron chi connectivity index (χ0n) is 10.9. The number of nitrogens with zero attached hydrogens (tertiary/aromatic N) is 1. The van der Waals surface area contributed by atoms with Gasteiger partial charge in [-0.3, -0.25) is 4.79 Å². The second-order valence-electron chi connectivity index (χ2n) is 5.44. The molecule has 1 atom stereocenters. The fourth-order valence-corrected chi connectivity index (χ4v) is 2.31. The van der Waals surface area contributed by atoms with Crippen molar-refractivity contribution < 1.29 is 4.79 Å². The van der Waals surface area contributed by atoms with Gasteiger partial charge in [0, 0.05) is 12.1 Å². The number of fused-ring (bicyclic) bond motifs is 1. The summed E-state index contributed by atoms with van der Waals surface area (Å²) in [4.78, 5) is 13.8. The van der Waals surface area contributed by atoms with Crippen LogP contribution < -0.4 is 10.2 Å². The van der Waals surface area contributed by atoms with Gasteiger partial charge in [-0.05, 0) is 39.8 Å². The molecule has 0 saturated carbocycles. The summed E-state index contributed by atoms with van der Waals surface area (Å²) < 4.78 is 0. The first-order valence-corrected chi connectivity index (χ1v) is 6.05. The van der Waals surface area contributed by atoms with Crippen LogP contribution in [0.5, 0.6) is 0 Å². The van der Waals surface area contributed by atoms with E-state index in [1.807, 2.05) is 19.1 Å². The number of hydrogen-bond donors (Lipinski definition) is 1. The zero-order valence-corrected chi connectivity index (χ0v) is 10.9. The Labute approximate surface area is 103 Å². The van der Waals surface area contributed by atoms with Gasteiger partial charge in [0.1, 0.15) is 0 Å². The molecule has 1 unspecified atom stereocenters. The molecule has 92 valence electrons. The third-order valence-electron chi connectivity index (χ3n) is 3.31. The van der Waals surface area contributed by atoms with Crippen molar-refractivity contribution in [2.45, 2.75) is 39.3 Å². The van der Waals surface area contributed by atoms with Crippen LogP contribution in [-0.4, -0.2) is 23.9 Å². The summed E-state index contributed by atoms with van der Waals surface area (Å²) >= 11 is 0. The van der Waals surface area contributed by atoms with Crippen LogP contribution in [0.25, 0.3) is 0 Å². The largest absolute Gasteiger partial charge is 0.377 e. The van der Waals surface area contributed by atoms with Gasteiger partial charge in [-0.1, -0.05) is 12.1 Å². The molecule has 1 aliphatic heterocycles. The lowest BCUT2D eigenvalue weighted by molar-refractivity contribution is -0.117. The molecule has 0 bridgehead atoms. The molecule has 1 aromatic carbocycles. The fraction of sp³-hybridized carbons (Fsp3) is 0.500. The molecule has 1 heterocycles. The first-order chi connectivity index (χ1) is 7.91.